The summed E-state index contributed by atoms with van der Waals surface area (Å²) in [7, 11) is -2.31. The molecule has 2 heteroatoms. The van der Waals surface area contributed by atoms with Crippen LogP contribution in [0.25, 0.3) is 33.4 Å². The van der Waals surface area contributed by atoms with Crippen LogP contribution in [-0.2, 0) is 0 Å². The molecule has 0 amide bonds. The molecule has 2 heterocycles. The summed E-state index contributed by atoms with van der Waals surface area (Å²) >= 11 is 6.31. The van der Waals surface area contributed by atoms with Gasteiger partial charge in [-0.1, -0.05) is 109 Å². The normalized spacial score (nSPS) is 14.0. The van der Waals surface area contributed by atoms with E-state index in [1.807, 2.05) is 12.1 Å². The molecule has 0 fully saturated rings. The van der Waals surface area contributed by atoms with Crippen LogP contribution in [0.4, 0.5) is 0 Å². The zero-order valence-electron chi connectivity index (χ0n) is 17.3. The molecule has 5 aromatic carbocycles. The lowest BCUT2D eigenvalue weighted by atomic mass is 9.99. The van der Waals surface area contributed by atoms with Gasteiger partial charge >= 0.3 is 0 Å². The fraction of sp³-hybridized carbons (Fsp3) is 0. The van der Waals surface area contributed by atoms with E-state index in [-0.39, 0.29) is 0 Å². The molecule has 0 N–H and O–H groups in total. The Morgan fingerprint density at radius 3 is 1.50 bits per heavy atom. The van der Waals surface area contributed by atoms with Crippen LogP contribution in [0, 0.1) is 0 Å². The topological polar surface area (TPSA) is 0 Å². The van der Waals surface area contributed by atoms with Crippen molar-refractivity contribution in [2.24, 2.45) is 0 Å². The maximum Gasteiger partial charge on any atom is 0.182 e. The van der Waals surface area contributed by atoms with E-state index in [1.54, 1.807) is 0 Å². The Morgan fingerprint density at radius 2 is 0.906 bits per heavy atom. The van der Waals surface area contributed by atoms with Crippen molar-refractivity contribution in [3.8, 4) is 33.4 Å². The summed E-state index contributed by atoms with van der Waals surface area (Å²) in [4.78, 5) is 0. The molecule has 32 heavy (non-hydrogen) atoms. The standard InChI is InChI=1S/C30H19ClSi/c31-22-9-7-8-20(18-22)21-16-17-30-26(19-21)25-12-3-6-15-29(25)32(30)27-13-4-1-10-23(27)24-11-2-5-14-28(24)32/h1-19H. The fourth-order valence-corrected chi connectivity index (χ4v) is 11.7. The molecule has 150 valence electrons. The molecule has 0 nitrogen and oxygen atoms in total. The Labute approximate surface area is 193 Å². The second-order valence-corrected chi connectivity index (χ2v) is 12.7. The van der Waals surface area contributed by atoms with Gasteiger partial charge in [0.1, 0.15) is 0 Å². The minimum atomic E-state index is -2.31. The zero-order chi connectivity index (χ0) is 21.3. The van der Waals surface area contributed by atoms with Gasteiger partial charge in [-0.15, -0.1) is 0 Å². The molecular formula is C30H19ClSi. The summed E-state index contributed by atoms with van der Waals surface area (Å²) in [6, 6.07) is 42.4. The van der Waals surface area contributed by atoms with Crippen LogP contribution in [0.3, 0.4) is 0 Å². The highest BCUT2D eigenvalue weighted by Crippen LogP contribution is 2.37. The average molecular weight is 443 g/mol. The van der Waals surface area contributed by atoms with Crippen molar-refractivity contribution in [2.45, 2.75) is 0 Å². The van der Waals surface area contributed by atoms with Crippen LogP contribution in [0.15, 0.2) is 115 Å². The summed E-state index contributed by atoms with van der Waals surface area (Å²) < 4.78 is 0. The lowest BCUT2D eigenvalue weighted by Gasteiger charge is -2.27. The Balaban J connectivity index is 1.59. The van der Waals surface area contributed by atoms with Crippen molar-refractivity contribution in [2.75, 3.05) is 0 Å². The molecule has 7 rings (SSSR count). The quantitative estimate of drug-likeness (QED) is 0.301. The number of halogens is 1. The van der Waals surface area contributed by atoms with Crippen molar-refractivity contribution in [1.29, 1.82) is 0 Å². The summed E-state index contributed by atoms with van der Waals surface area (Å²) in [5, 5.41) is 6.82. The van der Waals surface area contributed by atoms with Crippen LogP contribution >= 0.6 is 11.6 Å². The van der Waals surface area contributed by atoms with E-state index in [2.05, 4.69) is 103 Å². The number of fused-ring (bicyclic) bond motifs is 10. The summed E-state index contributed by atoms with van der Waals surface area (Å²) in [5.74, 6) is 0. The Hall–Kier alpha value is -3.39. The number of hydrogen-bond donors (Lipinski definition) is 0. The van der Waals surface area contributed by atoms with Gasteiger partial charge in [0.2, 0.25) is 0 Å². The molecule has 5 aromatic rings. The van der Waals surface area contributed by atoms with Crippen molar-refractivity contribution in [3.63, 3.8) is 0 Å². The minimum absolute atomic E-state index is 0.771. The van der Waals surface area contributed by atoms with Gasteiger partial charge in [0.15, 0.2) is 8.07 Å². The molecule has 0 atom stereocenters. The predicted molar refractivity (Wildman–Crippen MR) is 138 cm³/mol. The molecular weight excluding hydrogens is 424 g/mol. The lowest BCUT2D eigenvalue weighted by molar-refractivity contribution is 1.63. The van der Waals surface area contributed by atoms with Crippen LogP contribution in [0.5, 0.6) is 0 Å². The van der Waals surface area contributed by atoms with E-state index < -0.39 is 8.07 Å². The fourth-order valence-electron chi connectivity index (χ4n) is 5.95. The van der Waals surface area contributed by atoms with Crippen LogP contribution in [-0.4, -0.2) is 8.07 Å². The van der Waals surface area contributed by atoms with E-state index in [1.165, 1.54) is 48.6 Å². The second-order valence-electron chi connectivity index (χ2n) is 8.66. The maximum atomic E-state index is 6.31. The molecule has 0 bridgehead atoms. The number of benzene rings is 5. The van der Waals surface area contributed by atoms with Crippen molar-refractivity contribution >= 4 is 40.4 Å². The highest BCUT2D eigenvalue weighted by molar-refractivity contribution is 7.24. The second kappa shape index (κ2) is 6.55. The highest BCUT2D eigenvalue weighted by atomic mass is 35.5. The number of rotatable bonds is 1. The van der Waals surface area contributed by atoms with Gasteiger partial charge in [-0.2, -0.15) is 0 Å². The molecule has 2 aliphatic heterocycles. The first-order chi connectivity index (χ1) is 15.8. The van der Waals surface area contributed by atoms with Gasteiger partial charge in [0.05, 0.1) is 0 Å². The molecule has 0 radical (unpaired) electrons. The summed E-state index contributed by atoms with van der Waals surface area (Å²) in [6.07, 6.45) is 0. The average Bonchev–Trinajstić information content (AvgIpc) is 3.31. The summed E-state index contributed by atoms with van der Waals surface area (Å²) in [5.41, 5.74) is 7.92. The van der Waals surface area contributed by atoms with Gasteiger partial charge in [0.25, 0.3) is 0 Å². The van der Waals surface area contributed by atoms with Gasteiger partial charge in [-0.25, -0.2) is 0 Å². The van der Waals surface area contributed by atoms with E-state index in [4.69, 9.17) is 11.6 Å². The van der Waals surface area contributed by atoms with Crippen molar-refractivity contribution in [3.05, 3.63) is 120 Å². The van der Waals surface area contributed by atoms with Crippen LogP contribution in [0.2, 0.25) is 5.02 Å². The van der Waals surface area contributed by atoms with Gasteiger partial charge in [0, 0.05) is 5.02 Å². The highest BCUT2D eigenvalue weighted by Gasteiger charge is 2.53. The molecule has 1 spiro atoms. The van der Waals surface area contributed by atoms with E-state index in [0.29, 0.717) is 0 Å². The van der Waals surface area contributed by atoms with E-state index in [9.17, 15) is 0 Å². The molecule has 0 aliphatic carbocycles. The lowest BCUT2D eigenvalue weighted by Crippen LogP contribution is -2.70. The Morgan fingerprint density at radius 1 is 0.406 bits per heavy atom. The van der Waals surface area contributed by atoms with E-state index in [0.717, 1.165) is 10.6 Å². The Kier molecular flexibility index (Phi) is 3.73. The molecule has 0 saturated heterocycles. The number of hydrogen-bond acceptors (Lipinski definition) is 0. The summed E-state index contributed by atoms with van der Waals surface area (Å²) in [6.45, 7) is 0. The first-order valence-electron chi connectivity index (χ1n) is 11.0. The monoisotopic (exact) mass is 442 g/mol. The largest absolute Gasteiger partial charge is 0.182 e. The molecule has 0 unspecified atom stereocenters. The van der Waals surface area contributed by atoms with Crippen LogP contribution < -0.4 is 20.7 Å². The molecule has 0 saturated carbocycles. The van der Waals surface area contributed by atoms with E-state index >= 15 is 0 Å². The molecule has 0 aromatic heterocycles. The SMILES string of the molecule is Clc1cccc(-c2ccc3c(c2)-c2ccccc2[Si]32c3ccccc3-c3ccccc32)c1. The maximum absolute atomic E-state index is 6.31. The van der Waals surface area contributed by atoms with Crippen molar-refractivity contribution < 1.29 is 0 Å². The van der Waals surface area contributed by atoms with Crippen molar-refractivity contribution in [1.82, 2.24) is 0 Å². The third-order valence-corrected chi connectivity index (χ3v) is 12.4. The van der Waals surface area contributed by atoms with Crippen LogP contribution in [0.1, 0.15) is 0 Å². The Bertz CT molecular complexity index is 1500. The first-order valence-corrected chi connectivity index (χ1v) is 13.4. The van der Waals surface area contributed by atoms with Gasteiger partial charge in [-0.3, -0.25) is 0 Å². The predicted octanol–water partition coefficient (Wildman–Crippen LogP) is 5.35. The van der Waals surface area contributed by atoms with Gasteiger partial charge in [-0.05, 0) is 72.3 Å². The smallest absolute Gasteiger partial charge is 0.0843 e. The first kappa shape index (κ1) is 18.2. The molecule has 2 aliphatic rings. The zero-order valence-corrected chi connectivity index (χ0v) is 19.1. The minimum Gasteiger partial charge on any atom is -0.0843 e. The van der Waals surface area contributed by atoms with Gasteiger partial charge < -0.3 is 0 Å². The third kappa shape index (κ3) is 2.22. The third-order valence-electron chi connectivity index (χ3n) is 7.16.